The van der Waals surface area contributed by atoms with Crippen LogP contribution in [0.3, 0.4) is 0 Å². The summed E-state index contributed by atoms with van der Waals surface area (Å²) in [4.78, 5) is 26.5. The predicted octanol–water partition coefficient (Wildman–Crippen LogP) is 4.06. The molecule has 24 heavy (non-hydrogen) atoms. The smallest absolute Gasteiger partial charge is 0.229 e. The molecule has 0 unspecified atom stereocenters. The van der Waals surface area contributed by atoms with Gasteiger partial charge in [0.15, 0.2) is 0 Å². The van der Waals surface area contributed by atoms with Crippen molar-refractivity contribution in [2.45, 2.75) is 20.3 Å². The standard InChI is InChI=1S/C19H19BrN2O2/c1-12-6-7-17(8-13(12)2)22-11-14(9-18(22)23)19(24)21-16-5-3-4-15(20)10-16/h3-8,10,14H,9,11H2,1-2H3,(H,21,24)/t14-/m0/s1. The molecule has 3 rings (SSSR count). The van der Waals surface area contributed by atoms with Gasteiger partial charge in [-0.3, -0.25) is 9.59 Å². The SMILES string of the molecule is Cc1ccc(N2C[C@@H](C(=O)Nc3cccc(Br)c3)CC2=O)cc1C. The number of benzene rings is 2. The highest BCUT2D eigenvalue weighted by Crippen LogP contribution is 2.27. The number of rotatable bonds is 3. The highest BCUT2D eigenvalue weighted by Gasteiger charge is 2.35. The summed E-state index contributed by atoms with van der Waals surface area (Å²) in [6.07, 6.45) is 0.243. The lowest BCUT2D eigenvalue weighted by atomic mass is 10.1. The first-order valence-corrected chi connectivity index (χ1v) is 8.67. The molecular formula is C19H19BrN2O2. The predicted molar refractivity (Wildman–Crippen MR) is 99.1 cm³/mol. The van der Waals surface area contributed by atoms with Gasteiger partial charge >= 0.3 is 0 Å². The maximum absolute atomic E-state index is 12.5. The van der Waals surface area contributed by atoms with Crippen molar-refractivity contribution >= 4 is 39.1 Å². The van der Waals surface area contributed by atoms with Gasteiger partial charge in [-0.2, -0.15) is 0 Å². The monoisotopic (exact) mass is 386 g/mol. The Labute approximate surface area is 150 Å². The molecule has 0 saturated carbocycles. The molecule has 0 spiro atoms. The molecule has 5 heteroatoms. The van der Waals surface area contributed by atoms with E-state index in [1.165, 1.54) is 5.56 Å². The third kappa shape index (κ3) is 3.51. The van der Waals surface area contributed by atoms with Crippen LogP contribution in [-0.2, 0) is 9.59 Å². The van der Waals surface area contributed by atoms with Crippen LogP contribution in [0.2, 0.25) is 0 Å². The minimum absolute atomic E-state index is 0.00681. The van der Waals surface area contributed by atoms with Crippen molar-refractivity contribution < 1.29 is 9.59 Å². The lowest BCUT2D eigenvalue weighted by Crippen LogP contribution is -2.28. The van der Waals surface area contributed by atoms with Gasteiger partial charge in [0.05, 0.1) is 5.92 Å². The van der Waals surface area contributed by atoms with Gasteiger partial charge in [-0.25, -0.2) is 0 Å². The Hall–Kier alpha value is -2.14. The van der Waals surface area contributed by atoms with E-state index in [9.17, 15) is 9.59 Å². The van der Waals surface area contributed by atoms with Crippen LogP contribution < -0.4 is 10.2 Å². The first-order chi connectivity index (χ1) is 11.4. The van der Waals surface area contributed by atoms with Crippen LogP contribution in [0, 0.1) is 19.8 Å². The van der Waals surface area contributed by atoms with E-state index in [1.807, 2.05) is 56.3 Å². The van der Waals surface area contributed by atoms with E-state index in [-0.39, 0.29) is 24.2 Å². The van der Waals surface area contributed by atoms with Crippen LogP contribution in [0.15, 0.2) is 46.9 Å². The molecule has 1 heterocycles. The number of hydrogen-bond acceptors (Lipinski definition) is 2. The summed E-state index contributed by atoms with van der Waals surface area (Å²) in [5.41, 5.74) is 3.92. The highest BCUT2D eigenvalue weighted by atomic mass is 79.9. The second-order valence-electron chi connectivity index (χ2n) is 6.17. The summed E-state index contributed by atoms with van der Waals surface area (Å²) in [7, 11) is 0. The molecule has 2 aromatic rings. The first-order valence-electron chi connectivity index (χ1n) is 7.88. The summed E-state index contributed by atoms with van der Waals surface area (Å²) < 4.78 is 0.902. The van der Waals surface area contributed by atoms with E-state index in [4.69, 9.17) is 0 Å². The lowest BCUT2D eigenvalue weighted by Gasteiger charge is -2.18. The number of aryl methyl sites for hydroxylation is 2. The molecule has 1 fully saturated rings. The lowest BCUT2D eigenvalue weighted by molar-refractivity contribution is -0.122. The van der Waals surface area contributed by atoms with E-state index >= 15 is 0 Å². The quantitative estimate of drug-likeness (QED) is 0.864. The number of halogens is 1. The van der Waals surface area contributed by atoms with Crippen molar-refractivity contribution in [2.75, 3.05) is 16.8 Å². The van der Waals surface area contributed by atoms with Gasteiger partial charge in [0.1, 0.15) is 0 Å². The second-order valence-corrected chi connectivity index (χ2v) is 7.09. The van der Waals surface area contributed by atoms with Crippen LogP contribution in [0.5, 0.6) is 0 Å². The van der Waals surface area contributed by atoms with Crippen molar-refractivity contribution in [3.8, 4) is 0 Å². The number of carbonyl (C=O) groups excluding carboxylic acids is 2. The summed E-state index contributed by atoms with van der Waals surface area (Å²) in [6, 6.07) is 13.4. The van der Waals surface area contributed by atoms with Gasteiger partial charge < -0.3 is 10.2 Å². The summed E-state index contributed by atoms with van der Waals surface area (Å²) in [5.74, 6) is -0.460. The van der Waals surface area contributed by atoms with E-state index < -0.39 is 0 Å². The maximum atomic E-state index is 12.5. The molecule has 1 N–H and O–H groups in total. The molecule has 124 valence electrons. The van der Waals surface area contributed by atoms with Gasteiger partial charge in [-0.15, -0.1) is 0 Å². The molecule has 1 saturated heterocycles. The Morgan fingerprint density at radius 3 is 2.67 bits per heavy atom. The Balaban J connectivity index is 1.72. The molecule has 0 aliphatic carbocycles. The van der Waals surface area contributed by atoms with Gasteiger partial charge in [0, 0.05) is 28.8 Å². The Kier molecular flexibility index (Phi) is 4.71. The first kappa shape index (κ1) is 16.7. The number of carbonyl (C=O) groups is 2. The zero-order valence-corrected chi connectivity index (χ0v) is 15.3. The van der Waals surface area contributed by atoms with Crippen molar-refractivity contribution in [3.63, 3.8) is 0 Å². The maximum Gasteiger partial charge on any atom is 0.229 e. The zero-order chi connectivity index (χ0) is 17.3. The van der Waals surface area contributed by atoms with Crippen molar-refractivity contribution in [3.05, 3.63) is 58.1 Å². The third-order valence-corrected chi connectivity index (χ3v) is 4.88. The molecule has 0 bridgehead atoms. The van der Waals surface area contributed by atoms with Crippen LogP contribution in [0.1, 0.15) is 17.5 Å². The summed E-state index contributed by atoms with van der Waals surface area (Å²) >= 11 is 3.38. The fourth-order valence-corrected chi connectivity index (χ4v) is 3.24. The number of anilines is 2. The number of hydrogen-bond donors (Lipinski definition) is 1. The average molecular weight is 387 g/mol. The fourth-order valence-electron chi connectivity index (χ4n) is 2.84. The molecular weight excluding hydrogens is 368 g/mol. The van der Waals surface area contributed by atoms with Crippen LogP contribution in [0.4, 0.5) is 11.4 Å². The average Bonchev–Trinajstić information content (AvgIpc) is 2.92. The zero-order valence-electron chi connectivity index (χ0n) is 13.7. The van der Waals surface area contributed by atoms with E-state index in [0.29, 0.717) is 6.54 Å². The van der Waals surface area contributed by atoms with Gasteiger partial charge in [-0.1, -0.05) is 28.1 Å². The minimum atomic E-state index is -0.335. The second kappa shape index (κ2) is 6.77. The van der Waals surface area contributed by atoms with Crippen LogP contribution in [-0.4, -0.2) is 18.4 Å². The summed E-state index contributed by atoms with van der Waals surface area (Å²) in [5, 5.41) is 2.89. The number of nitrogens with zero attached hydrogens (tertiary/aromatic N) is 1. The van der Waals surface area contributed by atoms with Gasteiger partial charge in [-0.05, 0) is 55.3 Å². The molecule has 0 aromatic heterocycles. The van der Waals surface area contributed by atoms with E-state index in [0.717, 1.165) is 21.4 Å². The van der Waals surface area contributed by atoms with E-state index in [1.54, 1.807) is 4.90 Å². The molecule has 1 aliphatic rings. The Morgan fingerprint density at radius 2 is 1.96 bits per heavy atom. The van der Waals surface area contributed by atoms with Crippen molar-refractivity contribution in [1.82, 2.24) is 0 Å². The van der Waals surface area contributed by atoms with E-state index in [2.05, 4.69) is 21.2 Å². The van der Waals surface area contributed by atoms with Gasteiger partial charge in [0.2, 0.25) is 11.8 Å². The molecule has 4 nitrogen and oxygen atoms in total. The largest absolute Gasteiger partial charge is 0.326 e. The Bertz CT molecular complexity index is 804. The number of amides is 2. The number of nitrogens with one attached hydrogen (secondary N) is 1. The molecule has 0 radical (unpaired) electrons. The third-order valence-electron chi connectivity index (χ3n) is 4.39. The van der Waals surface area contributed by atoms with Crippen molar-refractivity contribution in [1.29, 1.82) is 0 Å². The molecule has 1 aliphatic heterocycles. The topological polar surface area (TPSA) is 49.4 Å². The minimum Gasteiger partial charge on any atom is -0.326 e. The Morgan fingerprint density at radius 1 is 1.17 bits per heavy atom. The van der Waals surface area contributed by atoms with Gasteiger partial charge in [0.25, 0.3) is 0 Å². The fraction of sp³-hybridized carbons (Fsp3) is 0.263. The van der Waals surface area contributed by atoms with Crippen LogP contribution in [0.25, 0.3) is 0 Å². The normalized spacial score (nSPS) is 17.2. The summed E-state index contributed by atoms with van der Waals surface area (Å²) in [6.45, 7) is 4.48. The molecule has 2 aromatic carbocycles. The van der Waals surface area contributed by atoms with Crippen molar-refractivity contribution in [2.24, 2.45) is 5.92 Å². The highest BCUT2D eigenvalue weighted by molar-refractivity contribution is 9.10. The molecule has 2 amide bonds. The molecule has 1 atom stereocenters. The van der Waals surface area contributed by atoms with Crippen LogP contribution >= 0.6 is 15.9 Å².